The van der Waals surface area contributed by atoms with Crippen LogP contribution in [0.25, 0.3) is 0 Å². The van der Waals surface area contributed by atoms with Crippen LogP contribution in [0.3, 0.4) is 0 Å². The molecule has 2 aromatic heterocycles. The lowest BCUT2D eigenvalue weighted by Gasteiger charge is -2.47. The normalized spacial score (nSPS) is 16.1. The van der Waals surface area contributed by atoms with E-state index >= 15 is 0 Å². The van der Waals surface area contributed by atoms with Crippen LogP contribution in [0.4, 0.5) is 11.4 Å². The molecule has 0 aliphatic carbocycles. The van der Waals surface area contributed by atoms with Gasteiger partial charge in [0, 0.05) is 72.8 Å². The second-order valence-corrected chi connectivity index (χ2v) is 18.2. The summed E-state index contributed by atoms with van der Waals surface area (Å²) in [6.45, 7) is 6.74. The number of anilines is 2. The van der Waals surface area contributed by atoms with E-state index < -0.39 is 48.0 Å². The zero-order chi connectivity index (χ0) is 44.5. The van der Waals surface area contributed by atoms with E-state index in [4.69, 9.17) is 19.4 Å². The third kappa shape index (κ3) is 10.0. The molecule has 12 nitrogen and oxygen atoms in total. The van der Waals surface area contributed by atoms with Crippen LogP contribution < -0.4 is 9.80 Å². The quantitative estimate of drug-likeness (QED) is 0.0784. The summed E-state index contributed by atoms with van der Waals surface area (Å²) in [6.07, 6.45) is 2.32. The minimum atomic E-state index is -1.36. The molecular formula is C50H52N6O6S2. The minimum Gasteiger partial charge on any atom is -0.447 e. The number of rotatable bonds is 14. The summed E-state index contributed by atoms with van der Waals surface area (Å²) >= 11 is 3.00. The first kappa shape index (κ1) is 44.5. The number of amides is 2. The van der Waals surface area contributed by atoms with Crippen LogP contribution in [0.15, 0.2) is 132 Å². The molecule has 0 N–H and O–H groups in total. The molecule has 64 heavy (non-hydrogen) atoms. The first-order valence-corrected chi connectivity index (χ1v) is 23.4. The molecule has 2 aliphatic heterocycles. The van der Waals surface area contributed by atoms with Gasteiger partial charge in [0.25, 0.3) is 11.8 Å². The monoisotopic (exact) mass is 896 g/mol. The molecule has 8 rings (SSSR count). The number of hydrogen-bond acceptors (Lipinski definition) is 12. The van der Waals surface area contributed by atoms with Crippen molar-refractivity contribution in [1.82, 2.24) is 19.8 Å². The average Bonchev–Trinajstić information content (AvgIpc) is 3.98. The van der Waals surface area contributed by atoms with E-state index in [2.05, 4.69) is 34.1 Å². The van der Waals surface area contributed by atoms with Gasteiger partial charge in [-0.1, -0.05) is 97.1 Å². The Labute approximate surface area is 382 Å². The first-order valence-electron chi connectivity index (χ1n) is 21.6. The summed E-state index contributed by atoms with van der Waals surface area (Å²) < 4.78 is 10.8. The Morgan fingerprint density at radius 1 is 0.531 bits per heavy atom. The highest BCUT2D eigenvalue weighted by molar-refractivity contribution is 7.10. The van der Waals surface area contributed by atoms with Gasteiger partial charge in [-0.3, -0.25) is 29.2 Å². The third-order valence-corrected chi connectivity index (χ3v) is 14.4. The molecule has 0 radical (unpaired) electrons. The molecule has 0 unspecified atom stereocenters. The van der Waals surface area contributed by atoms with Crippen LogP contribution in [0.1, 0.15) is 58.2 Å². The predicted molar refractivity (Wildman–Crippen MR) is 249 cm³/mol. The lowest BCUT2D eigenvalue weighted by Crippen LogP contribution is -2.57. The lowest BCUT2D eigenvalue weighted by molar-refractivity contribution is -0.169. The number of para-hydroxylation sites is 2. The summed E-state index contributed by atoms with van der Waals surface area (Å²) in [5.41, 5.74) is 3.68. The standard InChI is InChI=1S/C50H52N6O6S2/c1-37-35-63-47(51-37)49(23-27-53(28-24-49)31-39-15-7-3-8-16-39)55(41-19-11-5-12-20-41)43(57)33-61-45(59)46(60)62-34-44(58)56(42-21-13-6-14-22-42)50(48-52-38(2)36-64-48)25-29-54(30-26-50)32-40-17-9-4-10-18-40/h3-22,35-36H,23-34H2,1-2H3. The highest BCUT2D eigenvalue weighted by Crippen LogP contribution is 2.45. The molecule has 0 atom stereocenters. The number of piperidine rings is 2. The molecule has 2 saturated heterocycles. The van der Waals surface area contributed by atoms with Crippen molar-refractivity contribution >= 4 is 57.8 Å². The second-order valence-electron chi connectivity index (χ2n) is 16.5. The van der Waals surface area contributed by atoms with Gasteiger partial charge in [0.2, 0.25) is 0 Å². The fraction of sp³-hybridized carbons (Fsp3) is 0.320. The van der Waals surface area contributed by atoms with E-state index in [-0.39, 0.29) is 0 Å². The highest BCUT2D eigenvalue weighted by Gasteiger charge is 2.49. The lowest BCUT2D eigenvalue weighted by atomic mass is 9.85. The Bertz CT molecular complexity index is 2330. The van der Waals surface area contributed by atoms with Crippen molar-refractivity contribution in [2.24, 2.45) is 0 Å². The van der Waals surface area contributed by atoms with Crippen LogP contribution in [-0.2, 0) is 52.8 Å². The Kier molecular flexibility index (Phi) is 14.1. The van der Waals surface area contributed by atoms with E-state index in [1.54, 1.807) is 9.80 Å². The smallest absolute Gasteiger partial charge is 0.418 e. The SMILES string of the molecule is Cc1csc(C2(N(C(=O)COC(=O)C(=O)OCC(=O)N(c3ccccc3)C3(c4nc(C)cs4)CCN(Cc4ccccc4)CC3)c3ccccc3)CCN(Cc3ccccc3)CC2)n1. The molecule has 2 fully saturated rings. The van der Waals surface area contributed by atoms with Gasteiger partial charge in [-0.2, -0.15) is 0 Å². The zero-order valence-electron chi connectivity index (χ0n) is 36.1. The van der Waals surface area contributed by atoms with Gasteiger partial charge in [0.15, 0.2) is 13.2 Å². The molecule has 14 heteroatoms. The Balaban J connectivity index is 0.970. The number of aromatic nitrogens is 2. The van der Waals surface area contributed by atoms with Crippen LogP contribution in [0, 0.1) is 13.8 Å². The average molecular weight is 897 g/mol. The number of aryl methyl sites for hydroxylation is 2. The summed E-state index contributed by atoms with van der Waals surface area (Å²) in [6, 6.07) is 39.1. The number of thiazole rings is 2. The Morgan fingerprint density at radius 3 is 1.17 bits per heavy atom. The van der Waals surface area contributed by atoms with E-state index in [1.165, 1.54) is 33.8 Å². The van der Waals surface area contributed by atoms with Gasteiger partial charge >= 0.3 is 11.9 Å². The number of carbonyl (C=O) groups is 4. The van der Waals surface area contributed by atoms with Crippen molar-refractivity contribution < 1.29 is 28.7 Å². The van der Waals surface area contributed by atoms with Crippen LogP contribution in [0.5, 0.6) is 0 Å². The highest BCUT2D eigenvalue weighted by atomic mass is 32.1. The number of esters is 2. The maximum Gasteiger partial charge on any atom is 0.418 e. The van der Waals surface area contributed by atoms with Crippen molar-refractivity contribution in [3.63, 3.8) is 0 Å². The van der Waals surface area contributed by atoms with Gasteiger partial charge < -0.3 is 9.47 Å². The molecule has 6 aromatic rings. The van der Waals surface area contributed by atoms with Gasteiger partial charge in [-0.25, -0.2) is 19.6 Å². The largest absolute Gasteiger partial charge is 0.447 e. The van der Waals surface area contributed by atoms with Crippen molar-refractivity contribution in [2.75, 3.05) is 49.2 Å². The molecule has 2 aliphatic rings. The molecule has 330 valence electrons. The van der Waals surface area contributed by atoms with E-state index in [1.807, 2.05) is 122 Å². The fourth-order valence-corrected chi connectivity index (χ4v) is 11.1. The zero-order valence-corrected chi connectivity index (χ0v) is 37.8. The predicted octanol–water partition coefficient (Wildman–Crippen LogP) is 8.05. The molecule has 2 amide bonds. The van der Waals surface area contributed by atoms with Crippen molar-refractivity contribution in [3.05, 3.63) is 165 Å². The van der Waals surface area contributed by atoms with Crippen LogP contribution >= 0.6 is 22.7 Å². The van der Waals surface area contributed by atoms with Crippen LogP contribution in [0.2, 0.25) is 0 Å². The molecule has 0 bridgehead atoms. The van der Waals surface area contributed by atoms with Crippen molar-refractivity contribution in [2.45, 2.75) is 63.7 Å². The van der Waals surface area contributed by atoms with E-state index in [0.29, 0.717) is 63.2 Å². The molecule has 4 heterocycles. The number of nitrogens with zero attached hydrogens (tertiary/aromatic N) is 6. The van der Waals surface area contributed by atoms with Gasteiger partial charge in [-0.15, -0.1) is 22.7 Å². The maximum absolute atomic E-state index is 14.5. The molecular weight excluding hydrogens is 845 g/mol. The van der Waals surface area contributed by atoms with Crippen molar-refractivity contribution in [3.8, 4) is 0 Å². The van der Waals surface area contributed by atoms with Crippen molar-refractivity contribution in [1.29, 1.82) is 0 Å². The molecule has 0 saturated carbocycles. The third-order valence-electron chi connectivity index (χ3n) is 12.1. The number of carbonyl (C=O) groups excluding carboxylic acids is 4. The summed E-state index contributed by atoms with van der Waals surface area (Å²) in [5, 5.41) is 5.54. The minimum absolute atomic E-state index is 0.512. The Morgan fingerprint density at radius 2 is 0.859 bits per heavy atom. The molecule has 0 spiro atoms. The van der Waals surface area contributed by atoms with E-state index in [0.717, 1.165) is 34.5 Å². The van der Waals surface area contributed by atoms with E-state index in [9.17, 15) is 19.2 Å². The maximum atomic E-state index is 14.5. The van der Waals surface area contributed by atoms with Crippen LogP contribution in [-0.4, -0.2) is 82.9 Å². The summed E-state index contributed by atoms with van der Waals surface area (Å²) in [5.74, 6) is -3.75. The number of likely N-dealkylation sites (tertiary alicyclic amines) is 2. The second kappa shape index (κ2) is 20.2. The first-order chi connectivity index (χ1) is 31.1. The topological polar surface area (TPSA) is 125 Å². The summed E-state index contributed by atoms with van der Waals surface area (Å²) in [4.78, 5) is 73.7. The summed E-state index contributed by atoms with van der Waals surface area (Å²) in [7, 11) is 0. The fourth-order valence-electron chi connectivity index (χ4n) is 8.96. The number of ether oxygens (including phenoxy) is 2. The number of hydrogen-bond donors (Lipinski definition) is 0. The van der Waals surface area contributed by atoms with Gasteiger partial charge in [0.05, 0.1) is 0 Å². The van der Waals surface area contributed by atoms with Gasteiger partial charge in [0.1, 0.15) is 21.1 Å². The molecule has 4 aromatic carbocycles. The number of benzene rings is 4. The van der Waals surface area contributed by atoms with Gasteiger partial charge in [-0.05, 0) is 74.9 Å². The Hall–Kier alpha value is -6.06.